The second kappa shape index (κ2) is 13.3. The van der Waals surface area contributed by atoms with Gasteiger partial charge in [-0.25, -0.2) is 0 Å². The topological polar surface area (TPSA) is 167 Å². The van der Waals surface area contributed by atoms with E-state index in [2.05, 4.69) is 0 Å². The number of rotatable bonds is 14. The van der Waals surface area contributed by atoms with Gasteiger partial charge in [-0.1, -0.05) is 24.3 Å². The van der Waals surface area contributed by atoms with Crippen molar-refractivity contribution in [2.45, 2.75) is 38.8 Å². The van der Waals surface area contributed by atoms with Crippen molar-refractivity contribution in [1.82, 2.24) is 9.80 Å². The smallest absolute Gasteiger partial charge is 0.303 e. The molecule has 166 valence electrons. The zero-order valence-electron chi connectivity index (χ0n) is 17.0. The number of amides is 2. The van der Waals surface area contributed by atoms with Crippen LogP contribution in [0.3, 0.4) is 0 Å². The van der Waals surface area contributed by atoms with Crippen molar-refractivity contribution in [2.24, 2.45) is 11.5 Å². The van der Waals surface area contributed by atoms with Crippen molar-refractivity contribution in [1.29, 1.82) is 0 Å². The molecular weight excluding hydrogens is 392 g/mol. The molecule has 1 aromatic carbocycles. The van der Waals surface area contributed by atoms with E-state index in [4.69, 9.17) is 21.7 Å². The third-order valence-corrected chi connectivity index (χ3v) is 4.38. The van der Waals surface area contributed by atoms with E-state index in [0.717, 1.165) is 11.1 Å². The summed E-state index contributed by atoms with van der Waals surface area (Å²) in [5.41, 5.74) is 12.8. The minimum absolute atomic E-state index is 0.0834. The zero-order chi connectivity index (χ0) is 22.5. The summed E-state index contributed by atoms with van der Waals surface area (Å²) in [6.45, 7) is 1.79. The minimum atomic E-state index is -1.03. The van der Waals surface area contributed by atoms with Crippen LogP contribution < -0.4 is 11.5 Å². The van der Waals surface area contributed by atoms with Crippen LogP contribution in [0.25, 0.3) is 0 Å². The third-order valence-electron chi connectivity index (χ3n) is 4.38. The van der Waals surface area contributed by atoms with E-state index in [1.807, 2.05) is 24.3 Å². The number of carboxylic acids is 2. The molecule has 0 atom stereocenters. The Morgan fingerprint density at radius 1 is 0.667 bits per heavy atom. The lowest BCUT2D eigenvalue weighted by atomic mass is 10.1. The lowest BCUT2D eigenvalue weighted by molar-refractivity contribution is -0.141. The summed E-state index contributed by atoms with van der Waals surface area (Å²) >= 11 is 0. The fourth-order valence-corrected chi connectivity index (χ4v) is 2.83. The molecule has 10 nitrogen and oxygen atoms in total. The lowest BCUT2D eigenvalue weighted by Gasteiger charge is -2.23. The molecule has 0 radical (unpaired) electrons. The van der Waals surface area contributed by atoms with E-state index in [-0.39, 0.29) is 50.6 Å². The second-order valence-corrected chi connectivity index (χ2v) is 6.81. The number of hydrogen-bond acceptors (Lipinski definition) is 6. The van der Waals surface area contributed by atoms with Crippen molar-refractivity contribution in [3.63, 3.8) is 0 Å². The highest BCUT2D eigenvalue weighted by Gasteiger charge is 2.16. The van der Waals surface area contributed by atoms with Gasteiger partial charge in [0.2, 0.25) is 11.8 Å². The largest absolute Gasteiger partial charge is 0.481 e. The van der Waals surface area contributed by atoms with E-state index in [9.17, 15) is 19.2 Å². The molecule has 0 saturated heterocycles. The van der Waals surface area contributed by atoms with Gasteiger partial charge in [0.1, 0.15) is 0 Å². The Morgan fingerprint density at radius 2 is 1.00 bits per heavy atom. The summed E-state index contributed by atoms with van der Waals surface area (Å²) in [5, 5.41) is 17.5. The Kier molecular flexibility index (Phi) is 11.1. The van der Waals surface area contributed by atoms with Gasteiger partial charge < -0.3 is 31.5 Å². The minimum Gasteiger partial charge on any atom is -0.481 e. The standard InChI is InChI=1S/C20H30N4O6/c21-9-11-23(17(25)5-7-19(27)28)13-15-1-2-16(4-3-15)14-24(12-10-22)18(26)6-8-20(29)30/h1-4H,5-14,21-22H2,(H,27,28)(H,29,30). The van der Waals surface area contributed by atoms with E-state index < -0.39 is 11.9 Å². The number of benzene rings is 1. The Morgan fingerprint density at radius 3 is 1.27 bits per heavy atom. The van der Waals surface area contributed by atoms with Crippen LogP contribution in [0.15, 0.2) is 24.3 Å². The van der Waals surface area contributed by atoms with Gasteiger partial charge in [-0.3, -0.25) is 19.2 Å². The Labute approximate surface area is 175 Å². The molecule has 30 heavy (non-hydrogen) atoms. The van der Waals surface area contributed by atoms with Crippen LogP contribution in [0.2, 0.25) is 0 Å². The fourth-order valence-electron chi connectivity index (χ4n) is 2.83. The maximum absolute atomic E-state index is 12.2. The zero-order valence-corrected chi connectivity index (χ0v) is 17.0. The molecule has 0 fully saturated rings. The Bertz CT molecular complexity index is 662. The van der Waals surface area contributed by atoms with Crippen molar-refractivity contribution >= 4 is 23.8 Å². The summed E-state index contributed by atoms with van der Waals surface area (Å²) < 4.78 is 0. The monoisotopic (exact) mass is 422 g/mol. The number of hydrogen-bond donors (Lipinski definition) is 4. The summed E-state index contributed by atoms with van der Waals surface area (Å²) in [4.78, 5) is 48.8. The molecule has 10 heteroatoms. The molecule has 0 heterocycles. The van der Waals surface area contributed by atoms with Crippen LogP contribution in [0.1, 0.15) is 36.8 Å². The first-order chi connectivity index (χ1) is 14.3. The first-order valence-corrected chi connectivity index (χ1v) is 9.74. The summed E-state index contributed by atoms with van der Waals surface area (Å²) in [6, 6.07) is 7.30. The van der Waals surface area contributed by atoms with Gasteiger partial charge in [0.15, 0.2) is 0 Å². The number of carbonyl (C=O) groups excluding carboxylic acids is 2. The summed E-state index contributed by atoms with van der Waals surface area (Å²) in [6.07, 6.45) is -0.628. The highest BCUT2D eigenvalue weighted by molar-refractivity contribution is 5.81. The average Bonchev–Trinajstić information content (AvgIpc) is 2.70. The summed E-state index contributed by atoms with van der Waals surface area (Å²) in [7, 11) is 0. The van der Waals surface area contributed by atoms with Crippen molar-refractivity contribution in [3.8, 4) is 0 Å². The highest BCUT2D eigenvalue weighted by atomic mass is 16.4. The molecule has 0 spiro atoms. The van der Waals surface area contributed by atoms with Gasteiger partial charge in [-0.15, -0.1) is 0 Å². The van der Waals surface area contributed by atoms with Crippen LogP contribution in [0.5, 0.6) is 0 Å². The highest BCUT2D eigenvalue weighted by Crippen LogP contribution is 2.12. The molecule has 0 unspecified atom stereocenters. The lowest BCUT2D eigenvalue weighted by Crippen LogP contribution is -2.35. The van der Waals surface area contributed by atoms with Gasteiger partial charge in [-0.2, -0.15) is 0 Å². The molecule has 0 aromatic heterocycles. The van der Waals surface area contributed by atoms with Gasteiger partial charge in [0.25, 0.3) is 0 Å². The first kappa shape index (κ1) is 25.1. The van der Waals surface area contributed by atoms with Gasteiger partial charge in [-0.05, 0) is 11.1 Å². The average molecular weight is 422 g/mol. The predicted molar refractivity (Wildman–Crippen MR) is 109 cm³/mol. The number of nitrogens with zero attached hydrogens (tertiary/aromatic N) is 2. The van der Waals surface area contributed by atoms with Gasteiger partial charge in [0, 0.05) is 52.1 Å². The molecule has 0 aliphatic rings. The van der Waals surface area contributed by atoms with Crippen LogP contribution in [-0.4, -0.2) is 69.9 Å². The molecule has 0 bridgehead atoms. The first-order valence-electron chi connectivity index (χ1n) is 9.74. The van der Waals surface area contributed by atoms with E-state index >= 15 is 0 Å². The maximum atomic E-state index is 12.2. The fraction of sp³-hybridized carbons (Fsp3) is 0.500. The van der Waals surface area contributed by atoms with Crippen molar-refractivity contribution < 1.29 is 29.4 Å². The van der Waals surface area contributed by atoms with Crippen LogP contribution in [-0.2, 0) is 32.3 Å². The molecule has 2 amide bonds. The number of nitrogens with two attached hydrogens (primary N) is 2. The predicted octanol–water partition coefficient (Wildman–Crippen LogP) is -0.00920. The molecule has 0 aliphatic carbocycles. The van der Waals surface area contributed by atoms with Crippen LogP contribution >= 0.6 is 0 Å². The molecule has 1 rings (SSSR count). The van der Waals surface area contributed by atoms with E-state index in [0.29, 0.717) is 26.2 Å². The van der Waals surface area contributed by atoms with E-state index in [1.54, 1.807) is 0 Å². The number of carboxylic acid groups (broad SMARTS) is 2. The normalized spacial score (nSPS) is 10.5. The number of carbonyl (C=O) groups is 4. The summed E-state index contributed by atoms with van der Waals surface area (Å²) in [5.74, 6) is -2.60. The Balaban J connectivity index is 2.74. The van der Waals surface area contributed by atoms with Crippen LogP contribution in [0.4, 0.5) is 0 Å². The third kappa shape index (κ3) is 9.48. The maximum Gasteiger partial charge on any atom is 0.303 e. The van der Waals surface area contributed by atoms with Crippen molar-refractivity contribution in [2.75, 3.05) is 26.2 Å². The quantitative estimate of drug-likeness (QED) is 0.325. The van der Waals surface area contributed by atoms with E-state index in [1.165, 1.54) is 9.80 Å². The molecule has 0 saturated carbocycles. The second-order valence-electron chi connectivity index (χ2n) is 6.81. The van der Waals surface area contributed by atoms with Gasteiger partial charge >= 0.3 is 11.9 Å². The number of aliphatic carboxylic acids is 2. The van der Waals surface area contributed by atoms with Crippen LogP contribution in [0, 0.1) is 0 Å². The SMILES string of the molecule is NCCN(Cc1ccc(CN(CCN)C(=O)CCC(=O)O)cc1)C(=O)CCC(=O)O. The molecular formula is C20H30N4O6. The van der Waals surface area contributed by atoms with Gasteiger partial charge in [0.05, 0.1) is 12.8 Å². The van der Waals surface area contributed by atoms with Crippen molar-refractivity contribution in [3.05, 3.63) is 35.4 Å². The molecule has 0 aliphatic heterocycles. The molecule has 1 aromatic rings. The Hall–Kier alpha value is -2.98. The molecule has 6 N–H and O–H groups in total.